The van der Waals surface area contributed by atoms with E-state index in [1.807, 2.05) is 43.0 Å². The third-order valence-corrected chi connectivity index (χ3v) is 3.91. The van der Waals surface area contributed by atoms with Crippen molar-refractivity contribution in [1.82, 2.24) is 4.90 Å². The molecule has 0 aromatic heterocycles. The number of hydrogen-bond donors (Lipinski definition) is 1. The molecule has 1 saturated heterocycles. The smallest absolute Gasteiger partial charge is 0.227 e. The van der Waals surface area contributed by atoms with Gasteiger partial charge in [0, 0.05) is 24.2 Å². The summed E-state index contributed by atoms with van der Waals surface area (Å²) in [7, 11) is 0. The van der Waals surface area contributed by atoms with E-state index in [2.05, 4.69) is 6.92 Å². The molecule has 0 bridgehead atoms. The van der Waals surface area contributed by atoms with Crippen molar-refractivity contribution in [2.45, 2.75) is 58.2 Å². The molecule has 2 N–H and O–H groups in total. The van der Waals surface area contributed by atoms with Gasteiger partial charge in [-0.2, -0.15) is 0 Å². The molecule has 1 aliphatic heterocycles. The fourth-order valence-electron chi connectivity index (χ4n) is 2.86. The lowest BCUT2D eigenvalue weighted by atomic mass is 9.98. The monoisotopic (exact) mass is 290 g/mol. The summed E-state index contributed by atoms with van der Waals surface area (Å²) >= 11 is 0. The van der Waals surface area contributed by atoms with Crippen molar-refractivity contribution in [3.63, 3.8) is 0 Å². The minimum Gasteiger partial charge on any atom is -0.491 e. The molecule has 0 radical (unpaired) electrons. The van der Waals surface area contributed by atoms with E-state index >= 15 is 0 Å². The SMILES string of the molecule is CC(C)Oc1ccccc1CC(=O)N1CC[C@H](N)C[C@H]1C. The molecule has 1 aromatic carbocycles. The maximum Gasteiger partial charge on any atom is 0.227 e. The van der Waals surface area contributed by atoms with Crippen molar-refractivity contribution in [3.8, 4) is 5.75 Å². The summed E-state index contributed by atoms with van der Waals surface area (Å²) in [5.74, 6) is 0.969. The van der Waals surface area contributed by atoms with Gasteiger partial charge in [-0.05, 0) is 39.7 Å². The Hall–Kier alpha value is -1.55. The number of rotatable bonds is 4. The second kappa shape index (κ2) is 6.94. The van der Waals surface area contributed by atoms with Crippen molar-refractivity contribution in [1.29, 1.82) is 0 Å². The van der Waals surface area contributed by atoms with Crippen LogP contribution >= 0.6 is 0 Å². The van der Waals surface area contributed by atoms with Crippen molar-refractivity contribution in [3.05, 3.63) is 29.8 Å². The first-order valence-electron chi connectivity index (χ1n) is 7.77. The molecule has 1 aliphatic rings. The van der Waals surface area contributed by atoms with Crippen LogP contribution in [0.5, 0.6) is 5.75 Å². The van der Waals surface area contributed by atoms with Gasteiger partial charge in [-0.3, -0.25) is 4.79 Å². The first-order valence-corrected chi connectivity index (χ1v) is 7.77. The first-order chi connectivity index (χ1) is 9.97. The fourth-order valence-corrected chi connectivity index (χ4v) is 2.86. The number of ether oxygens (including phenoxy) is 1. The molecule has 1 amide bonds. The van der Waals surface area contributed by atoms with Crippen LogP contribution in [0.3, 0.4) is 0 Å². The second-order valence-electron chi connectivity index (χ2n) is 6.17. The largest absolute Gasteiger partial charge is 0.491 e. The summed E-state index contributed by atoms with van der Waals surface area (Å²) in [5.41, 5.74) is 6.92. The zero-order valence-electron chi connectivity index (χ0n) is 13.2. The minimum absolute atomic E-state index is 0.105. The number of para-hydroxylation sites is 1. The molecule has 1 aromatic rings. The van der Waals surface area contributed by atoms with Crippen molar-refractivity contribution < 1.29 is 9.53 Å². The Morgan fingerprint density at radius 3 is 2.81 bits per heavy atom. The van der Waals surface area contributed by atoms with Crippen LogP contribution < -0.4 is 10.5 Å². The maximum atomic E-state index is 12.6. The molecular formula is C17H26N2O2. The van der Waals surface area contributed by atoms with Gasteiger partial charge in [-0.25, -0.2) is 0 Å². The zero-order valence-corrected chi connectivity index (χ0v) is 13.2. The zero-order chi connectivity index (χ0) is 15.4. The Morgan fingerprint density at radius 1 is 1.43 bits per heavy atom. The number of hydrogen-bond acceptors (Lipinski definition) is 3. The average Bonchev–Trinajstić information content (AvgIpc) is 2.40. The number of benzene rings is 1. The van der Waals surface area contributed by atoms with E-state index in [0.717, 1.165) is 30.7 Å². The van der Waals surface area contributed by atoms with Crippen LogP contribution in [0.25, 0.3) is 0 Å². The van der Waals surface area contributed by atoms with Crippen molar-refractivity contribution in [2.75, 3.05) is 6.54 Å². The Bertz CT molecular complexity index is 487. The van der Waals surface area contributed by atoms with Crippen LogP contribution in [0.2, 0.25) is 0 Å². The summed E-state index contributed by atoms with van der Waals surface area (Å²) in [6.45, 7) is 6.82. The lowest BCUT2D eigenvalue weighted by Gasteiger charge is -2.36. The number of nitrogens with zero attached hydrogens (tertiary/aromatic N) is 1. The van der Waals surface area contributed by atoms with Gasteiger partial charge in [0.05, 0.1) is 12.5 Å². The fraction of sp³-hybridized carbons (Fsp3) is 0.588. The van der Waals surface area contributed by atoms with Gasteiger partial charge in [0.1, 0.15) is 5.75 Å². The Kier molecular flexibility index (Phi) is 5.23. The summed E-state index contributed by atoms with van der Waals surface area (Å²) in [5, 5.41) is 0. The third kappa shape index (κ3) is 4.21. The van der Waals surface area contributed by atoms with E-state index in [0.29, 0.717) is 6.42 Å². The van der Waals surface area contributed by atoms with Gasteiger partial charge in [0.2, 0.25) is 5.91 Å². The maximum absolute atomic E-state index is 12.6. The van der Waals surface area contributed by atoms with Crippen molar-refractivity contribution >= 4 is 5.91 Å². The highest BCUT2D eigenvalue weighted by molar-refractivity contribution is 5.80. The highest BCUT2D eigenvalue weighted by atomic mass is 16.5. The van der Waals surface area contributed by atoms with Crippen molar-refractivity contribution in [2.24, 2.45) is 5.73 Å². The van der Waals surface area contributed by atoms with Gasteiger partial charge in [-0.1, -0.05) is 18.2 Å². The first kappa shape index (κ1) is 15.8. The molecule has 4 heteroatoms. The molecule has 21 heavy (non-hydrogen) atoms. The minimum atomic E-state index is 0.105. The van der Waals surface area contributed by atoms with Gasteiger partial charge >= 0.3 is 0 Å². The van der Waals surface area contributed by atoms with E-state index in [1.54, 1.807) is 0 Å². The van der Waals surface area contributed by atoms with E-state index in [9.17, 15) is 4.79 Å². The number of amides is 1. The molecule has 0 spiro atoms. The predicted octanol–water partition coefficient (Wildman–Crippen LogP) is 2.35. The van der Waals surface area contributed by atoms with Crippen LogP contribution in [0, 0.1) is 0 Å². The predicted molar refractivity (Wildman–Crippen MR) is 84.3 cm³/mol. The molecule has 1 fully saturated rings. The Balaban J connectivity index is 2.06. The summed E-state index contributed by atoms with van der Waals surface area (Å²) < 4.78 is 5.79. The molecule has 0 saturated carbocycles. The van der Waals surface area contributed by atoms with Crippen LogP contribution in [-0.2, 0) is 11.2 Å². The third-order valence-electron chi connectivity index (χ3n) is 3.91. The van der Waals surface area contributed by atoms with Crippen LogP contribution in [0.1, 0.15) is 39.2 Å². The summed E-state index contributed by atoms with van der Waals surface area (Å²) in [4.78, 5) is 14.5. The van der Waals surface area contributed by atoms with E-state index in [4.69, 9.17) is 10.5 Å². The quantitative estimate of drug-likeness (QED) is 0.926. The standard InChI is InChI=1S/C17H26N2O2/c1-12(2)21-16-7-5-4-6-14(16)11-17(20)19-9-8-15(18)10-13(19)3/h4-7,12-13,15H,8-11,18H2,1-3H3/t13-,15+/m1/s1. The van der Waals surface area contributed by atoms with E-state index in [-0.39, 0.29) is 24.1 Å². The van der Waals surface area contributed by atoms with Crippen LogP contribution in [0.4, 0.5) is 0 Å². The van der Waals surface area contributed by atoms with E-state index in [1.165, 1.54) is 0 Å². The lowest BCUT2D eigenvalue weighted by molar-refractivity contribution is -0.133. The molecule has 116 valence electrons. The van der Waals surface area contributed by atoms with Gasteiger partial charge in [0.25, 0.3) is 0 Å². The van der Waals surface area contributed by atoms with Gasteiger partial charge < -0.3 is 15.4 Å². The highest BCUT2D eigenvalue weighted by Gasteiger charge is 2.27. The normalized spacial score (nSPS) is 22.4. The lowest BCUT2D eigenvalue weighted by Crippen LogP contribution is -2.48. The van der Waals surface area contributed by atoms with Gasteiger partial charge in [0.15, 0.2) is 0 Å². The number of nitrogens with two attached hydrogens (primary N) is 1. The molecule has 4 nitrogen and oxygen atoms in total. The average molecular weight is 290 g/mol. The second-order valence-corrected chi connectivity index (χ2v) is 6.17. The molecule has 0 aliphatic carbocycles. The number of carbonyl (C=O) groups excluding carboxylic acids is 1. The highest BCUT2D eigenvalue weighted by Crippen LogP contribution is 2.23. The van der Waals surface area contributed by atoms with E-state index < -0.39 is 0 Å². The molecule has 1 heterocycles. The molecule has 2 atom stereocenters. The number of likely N-dealkylation sites (tertiary alicyclic amines) is 1. The summed E-state index contributed by atoms with van der Waals surface area (Å²) in [6.07, 6.45) is 2.27. The summed E-state index contributed by atoms with van der Waals surface area (Å²) in [6, 6.07) is 8.23. The number of carbonyl (C=O) groups is 1. The van der Waals surface area contributed by atoms with Crippen LogP contribution in [-0.4, -0.2) is 35.5 Å². The number of piperidine rings is 1. The molecule has 0 unspecified atom stereocenters. The Morgan fingerprint density at radius 2 is 2.14 bits per heavy atom. The molecule has 2 rings (SSSR count). The van der Waals surface area contributed by atoms with Gasteiger partial charge in [-0.15, -0.1) is 0 Å². The topological polar surface area (TPSA) is 55.6 Å². The van der Waals surface area contributed by atoms with Crippen LogP contribution in [0.15, 0.2) is 24.3 Å². The molecular weight excluding hydrogens is 264 g/mol. The Labute approximate surface area is 127 Å².